The first-order valence-electron chi connectivity index (χ1n) is 9.19. The lowest BCUT2D eigenvalue weighted by Crippen LogP contribution is -2.02. The van der Waals surface area contributed by atoms with Crippen LogP contribution in [0.5, 0.6) is 11.5 Å². The van der Waals surface area contributed by atoms with Crippen LogP contribution in [0.4, 0.5) is 0 Å². The molecule has 0 N–H and O–H groups in total. The van der Waals surface area contributed by atoms with Crippen LogP contribution in [0.15, 0.2) is 78.9 Å². The van der Waals surface area contributed by atoms with Crippen molar-refractivity contribution in [2.75, 3.05) is 7.11 Å². The minimum Gasteiger partial charge on any atom is -0.469 e. The van der Waals surface area contributed by atoms with Crippen molar-refractivity contribution in [3.63, 3.8) is 0 Å². The molecule has 4 heteroatoms. The lowest BCUT2D eigenvalue weighted by molar-refractivity contribution is -0.140. The third kappa shape index (κ3) is 5.30. The Morgan fingerprint density at radius 2 is 1.32 bits per heavy atom. The second-order valence-corrected chi connectivity index (χ2v) is 6.40. The lowest BCUT2D eigenvalue weighted by Gasteiger charge is -2.07. The Kier molecular flexibility index (Phi) is 6.58. The molecule has 0 saturated heterocycles. The van der Waals surface area contributed by atoms with Crippen LogP contribution in [0.1, 0.15) is 34.3 Å². The van der Waals surface area contributed by atoms with E-state index in [0.717, 1.165) is 24.2 Å². The summed E-state index contributed by atoms with van der Waals surface area (Å²) in [5.74, 6) is 1.20. The number of hydrogen-bond donors (Lipinski definition) is 0. The zero-order valence-electron chi connectivity index (χ0n) is 15.8. The normalized spacial score (nSPS) is 10.3. The van der Waals surface area contributed by atoms with Crippen molar-refractivity contribution in [1.29, 1.82) is 0 Å². The second-order valence-electron chi connectivity index (χ2n) is 6.40. The molecule has 0 amide bonds. The van der Waals surface area contributed by atoms with Gasteiger partial charge in [0.1, 0.15) is 11.5 Å². The number of methoxy groups -OCH3 is 1. The van der Waals surface area contributed by atoms with E-state index in [1.807, 2.05) is 54.6 Å². The fourth-order valence-electron chi connectivity index (χ4n) is 2.83. The van der Waals surface area contributed by atoms with Crippen LogP contribution in [0.25, 0.3) is 0 Å². The highest BCUT2D eigenvalue weighted by molar-refractivity contribution is 6.09. The molecule has 0 unspecified atom stereocenters. The Balaban J connectivity index is 1.59. The first-order valence-corrected chi connectivity index (χ1v) is 9.19. The van der Waals surface area contributed by atoms with E-state index in [2.05, 4.69) is 4.74 Å². The highest BCUT2D eigenvalue weighted by Gasteiger charge is 2.10. The van der Waals surface area contributed by atoms with Crippen molar-refractivity contribution in [2.45, 2.75) is 19.3 Å². The number of rotatable bonds is 8. The molecule has 3 aromatic rings. The van der Waals surface area contributed by atoms with Gasteiger partial charge in [-0.1, -0.05) is 42.5 Å². The summed E-state index contributed by atoms with van der Waals surface area (Å²) in [5, 5.41) is 0. The number of carbonyl (C=O) groups excluding carboxylic acids is 2. The maximum Gasteiger partial charge on any atom is 0.305 e. The molecule has 0 saturated carbocycles. The number of para-hydroxylation sites is 1. The zero-order chi connectivity index (χ0) is 19.8. The van der Waals surface area contributed by atoms with Gasteiger partial charge in [-0.15, -0.1) is 0 Å². The summed E-state index contributed by atoms with van der Waals surface area (Å²) in [6.07, 6.45) is 1.90. The van der Waals surface area contributed by atoms with E-state index in [1.165, 1.54) is 7.11 Å². The summed E-state index contributed by atoms with van der Waals surface area (Å²) in [5.41, 5.74) is 2.33. The van der Waals surface area contributed by atoms with Gasteiger partial charge in [0, 0.05) is 17.5 Å². The molecule has 0 aromatic heterocycles. The van der Waals surface area contributed by atoms with Gasteiger partial charge in [-0.05, 0) is 54.8 Å². The van der Waals surface area contributed by atoms with E-state index in [0.29, 0.717) is 23.3 Å². The van der Waals surface area contributed by atoms with Crippen LogP contribution in [0, 0.1) is 0 Å². The second kappa shape index (κ2) is 9.51. The summed E-state index contributed by atoms with van der Waals surface area (Å²) in [6, 6.07) is 24.1. The molecule has 0 aliphatic carbocycles. The van der Waals surface area contributed by atoms with Gasteiger partial charge in [0.15, 0.2) is 5.78 Å². The predicted molar refractivity (Wildman–Crippen MR) is 108 cm³/mol. The molecule has 3 aromatic carbocycles. The van der Waals surface area contributed by atoms with Gasteiger partial charge in [0.25, 0.3) is 0 Å². The van der Waals surface area contributed by atoms with Gasteiger partial charge in [0.05, 0.1) is 7.11 Å². The van der Waals surface area contributed by atoms with Gasteiger partial charge < -0.3 is 9.47 Å². The molecule has 3 rings (SSSR count). The number of esters is 1. The summed E-state index contributed by atoms with van der Waals surface area (Å²) in [4.78, 5) is 23.8. The van der Waals surface area contributed by atoms with Crippen LogP contribution in [-0.2, 0) is 16.0 Å². The fourth-order valence-corrected chi connectivity index (χ4v) is 2.83. The summed E-state index contributed by atoms with van der Waals surface area (Å²) in [7, 11) is 1.39. The smallest absolute Gasteiger partial charge is 0.305 e. The molecule has 0 radical (unpaired) electrons. The average Bonchev–Trinajstić information content (AvgIpc) is 2.75. The van der Waals surface area contributed by atoms with Gasteiger partial charge >= 0.3 is 5.97 Å². The monoisotopic (exact) mass is 374 g/mol. The summed E-state index contributed by atoms with van der Waals surface area (Å²) < 4.78 is 10.4. The largest absolute Gasteiger partial charge is 0.469 e. The molecular formula is C24H22O4. The average molecular weight is 374 g/mol. The van der Waals surface area contributed by atoms with Crippen LogP contribution in [0.2, 0.25) is 0 Å². The molecule has 0 atom stereocenters. The molecule has 0 aliphatic heterocycles. The van der Waals surface area contributed by atoms with Crippen molar-refractivity contribution in [1.82, 2.24) is 0 Å². The number of ketones is 1. The molecule has 28 heavy (non-hydrogen) atoms. The van der Waals surface area contributed by atoms with Crippen molar-refractivity contribution in [2.24, 2.45) is 0 Å². The number of hydrogen-bond acceptors (Lipinski definition) is 4. The van der Waals surface area contributed by atoms with Gasteiger partial charge in [-0.2, -0.15) is 0 Å². The number of ether oxygens (including phenoxy) is 2. The van der Waals surface area contributed by atoms with E-state index >= 15 is 0 Å². The minimum absolute atomic E-state index is 0.0348. The Labute approximate surface area is 164 Å². The zero-order valence-corrected chi connectivity index (χ0v) is 15.8. The van der Waals surface area contributed by atoms with Gasteiger partial charge in [0.2, 0.25) is 0 Å². The van der Waals surface area contributed by atoms with Gasteiger partial charge in [-0.25, -0.2) is 0 Å². The summed E-state index contributed by atoms with van der Waals surface area (Å²) in [6.45, 7) is 0. The molecule has 0 spiro atoms. The minimum atomic E-state index is -0.202. The molecule has 0 aliphatic rings. The van der Waals surface area contributed by atoms with E-state index in [1.54, 1.807) is 24.3 Å². The van der Waals surface area contributed by atoms with Crippen molar-refractivity contribution >= 4 is 11.8 Å². The highest BCUT2D eigenvalue weighted by atomic mass is 16.5. The topological polar surface area (TPSA) is 52.6 Å². The first-order chi connectivity index (χ1) is 13.7. The van der Waals surface area contributed by atoms with E-state index in [9.17, 15) is 9.59 Å². The van der Waals surface area contributed by atoms with Crippen LogP contribution in [-0.4, -0.2) is 18.9 Å². The molecule has 0 heterocycles. The molecule has 142 valence electrons. The standard InChI is InChI=1S/C24H22O4/c1-27-23(25)9-5-6-18-10-12-19(13-11-18)24(26)20-14-16-22(17-15-20)28-21-7-3-2-4-8-21/h2-4,7-8,10-17H,5-6,9H2,1H3. The maximum absolute atomic E-state index is 12.7. The van der Waals surface area contributed by atoms with Crippen LogP contribution < -0.4 is 4.74 Å². The lowest BCUT2D eigenvalue weighted by atomic mass is 10.0. The highest BCUT2D eigenvalue weighted by Crippen LogP contribution is 2.22. The first kappa shape index (κ1) is 19.4. The quantitative estimate of drug-likeness (QED) is 0.401. The summed E-state index contributed by atoms with van der Waals surface area (Å²) >= 11 is 0. The van der Waals surface area contributed by atoms with Crippen LogP contribution in [0.3, 0.4) is 0 Å². The SMILES string of the molecule is COC(=O)CCCc1ccc(C(=O)c2ccc(Oc3ccccc3)cc2)cc1. The van der Waals surface area contributed by atoms with E-state index < -0.39 is 0 Å². The molecular weight excluding hydrogens is 352 g/mol. The Morgan fingerprint density at radius 3 is 1.93 bits per heavy atom. The van der Waals surface area contributed by atoms with E-state index in [-0.39, 0.29) is 11.8 Å². The Morgan fingerprint density at radius 1 is 0.750 bits per heavy atom. The maximum atomic E-state index is 12.7. The molecule has 0 bridgehead atoms. The van der Waals surface area contributed by atoms with Crippen LogP contribution >= 0.6 is 0 Å². The predicted octanol–water partition coefficient (Wildman–Crippen LogP) is 5.21. The third-order valence-corrected chi connectivity index (χ3v) is 4.39. The number of aryl methyl sites for hydroxylation is 1. The van der Waals surface area contributed by atoms with Crippen molar-refractivity contribution in [3.8, 4) is 11.5 Å². The number of benzene rings is 3. The Bertz CT molecular complexity index is 913. The fraction of sp³-hybridized carbons (Fsp3) is 0.167. The van der Waals surface area contributed by atoms with Crippen molar-refractivity contribution in [3.05, 3.63) is 95.6 Å². The number of carbonyl (C=O) groups is 2. The Hall–Kier alpha value is -3.40. The van der Waals surface area contributed by atoms with Gasteiger partial charge in [-0.3, -0.25) is 9.59 Å². The van der Waals surface area contributed by atoms with E-state index in [4.69, 9.17) is 4.74 Å². The third-order valence-electron chi connectivity index (χ3n) is 4.39. The molecule has 4 nitrogen and oxygen atoms in total. The van der Waals surface area contributed by atoms with Crippen molar-refractivity contribution < 1.29 is 19.1 Å². The molecule has 0 fully saturated rings.